The summed E-state index contributed by atoms with van der Waals surface area (Å²) in [5.74, 6) is 0.347. The number of rotatable bonds is 9. The Morgan fingerprint density at radius 1 is 1.26 bits per heavy atom. The van der Waals surface area contributed by atoms with Gasteiger partial charge in [-0.15, -0.1) is 0 Å². The molecule has 1 unspecified atom stereocenters. The highest BCUT2D eigenvalue weighted by Gasteiger charge is 2.18. The van der Waals surface area contributed by atoms with Gasteiger partial charge >= 0.3 is 0 Å². The minimum Gasteiger partial charge on any atom is -0.484 e. The second-order valence-electron chi connectivity index (χ2n) is 6.64. The van der Waals surface area contributed by atoms with E-state index in [9.17, 15) is 17.8 Å². The maximum absolute atomic E-state index is 12.8. The van der Waals surface area contributed by atoms with Gasteiger partial charge in [-0.2, -0.15) is 0 Å². The van der Waals surface area contributed by atoms with Crippen LogP contribution in [0.5, 0.6) is 5.75 Å². The molecular weight excluding hydrogens is 428 g/mol. The predicted molar refractivity (Wildman–Crippen MR) is 114 cm³/mol. The van der Waals surface area contributed by atoms with Crippen molar-refractivity contribution >= 4 is 16.9 Å². The normalized spacial score (nSPS) is 12.2. The number of pyridine rings is 1. The van der Waals surface area contributed by atoms with E-state index in [1.54, 1.807) is 31.4 Å². The number of alkyl halides is 2. The second-order valence-corrected chi connectivity index (χ2v) is 7.85. The molecule has 3 aromatic rings. The molecule has 2 N–H and O–H groups in total. The van der Waals surface area contributed by atoms with Crippen molar-refractivity contribution in [1.29, 1.82) is 0 Å². The van der Waals surface area contributed by atoms with E-state index >= 15 is 0 Å². The largest absolute Gasteiger partial charge is 0.484 e. The number of nitrogens with zero attached hydrogens (tertiary/aromatic N) is 3. The summed E-state index contributed by atoms with van der Waals surface area (Å²) in [6.45, 7) is 2.89. The maximum atomic E-state index is 12.8. The highest BCUT2D eigenvalue weighted by Crippen LogP contribution is 2.25. The molecule has 1 atom stereocenters. The molecule has 0 aliphatic rings. The molecule has 0 radical (unpaired) electrons. The molecular formula is C20H23F2N5O3S. The van der Waals surface area contributed by atoms with Gasteiger partial charge in [-0.05, 0) is 31.0 Å². The van der Waals surface area contributed by atoms with Crippen LogP contribution in [-0.4, -0.2) is 36.8 Å². The molecule has 0 saturated carbocycles. The highest BCUT2D eigenvalue weighted by molar-refractivity contribution is 7.86. The van der Waals surface area contributed by atoms with E-state index in [0.717, 1.165) is 0 Å². The molecule has 3 aromatic heterocycles. The van der Waals surface area contributed by atoms with Crippen LogP contribution in [0.4, 0.5) is 14.7 Å². The van der Waals surface area contributed by atoms with Crippen molar-refractivity contribution in [3.63, 3.8) is 0 Å². The first-order valence-electron chi connectivity index (χ1n) is 9.67. The maximum Gasteiger partial charge on any atom is 0.272 e. The fourth-order valence-corrected chi connectivity index (χ4v) is 3.73. The van der Waals surface area contributed by atoms with Crippen LogP contribution in [0, 0.1) is 0 Å². The topological polar surface area (TPSA) is 102 Å². The van der Waals surface area contributed by atoms with Gasteiger partial charge in [0.25, 0.3) is 12.0 Å². The summed E-state index contributed by atoms with van der Waals surface area (Å²) in [4.78, 5) is 24.2. The summed E-state index contributed by atoms with van der Waals surface area (Å²) >= 11 is 0. The number of halogens is 2. The van der Waals surface area contributed by atoms with Gasteiger partial charge in [0.1, 0.15) is 6.61 Å². The molecule has 0 saturated heterocycles. The van der Waals surface area contributed by atoms with Crippen LogP contribution in [0.25, 0.3) is 11.3 Å². The SMILES string of the molecule is CCc1nc(NS(=O)c2c[nH]c(-c3cccn(C)c3=O)c2)nc(CC)c1OCC(F)F. The summed E-state index contributed by atoms with van der Waals surface area (Å²) in [6.07, 6.45) is 1.44. The van der Waals surface area contributed by atoms with Crippen molar-refractivity contribution in [3.05, 3.63) is 52.3 Å². The van der Waals surface area contributed by atoms with E-state index in [0.29, 0.717) is 40.4 Å². The van der Waals surface area contributed by atoms with Gasteiger partial charge in [-0.25, -0.2) is 23.0 Å². The quantitative estimate of drug-likeness (QED) is 0.521. The van der Waals surface area contributed by atoms with Gasteiger partial charge in [0, 0.05) is 19.4 Å². The monoisotopic (exact) mass is 451 g/mol. The third kappa shape index (κ3) is 5.16. The number of nitrogens with one attached hydrogen (secondary N) is 2. The van der Waals surface area contributed by atoms with Crippen LogP contribution in [0.15, 0.2) is 40.3 Å². The average molecular weight is 451 g/mol. The van der Waals surface area contributed by atoms with Crippen LogP contribution in [0.3, 0.4) is 0 Å². The van der Waals surface area contributed by atoms with Crippen molar-refractivity contribution in [1.82, 2.24) is 19.5 Å². The Morgan fingerprint density at radius 3 is 2.55 bits per heavy atom. The first kappa shape index (κ1) is 22.6. The Bertz CT molecular complexity index is 1120. The minimum atomic E-state index is -2.61. The number of anilines is 1. The Morgan fingerprint density at radius 2 is 1.94 bits per heavy atom. The van der Waals surface area contributed by atoms with Crippen molar-refractivity contribution in [2.45, 2.75) is 38.0 Å². The first-order valence-corrected chi connectivity index (χ1v) is 10.8. The van der Waals surface area contributed by atoms with Gasteiger partial charge < -0.3 is 14.3 Å². The van der Waals surface area contributed by atoms with Crippen LogP contribution < -0.4 is 15.0 Å². The van der Waals surface area contributed by atoms with Gasteiger partial charge in [-0.1, -0.05) is 13.8 Å². The zero-order valence-electron chi connectivity index (χ0n) is 17.3. The Kier molecular flexibility index (Phi) is 7.16. The third-order valence-electron chi connectivity index (χ3n) is 4.50. The molecule has 3 rings (SSSR count). The molecule has 0 fully saturated rings. The van der Waals surface area contributed by atoms with Crippen LogP contribution in [0.1, 0.15) is 25.2 Å². The van der Waals surface area contributed by atoms with Crippen LogP contribution in [-0.2, 0) is 30.9 Å². The molecule has 8 nitrogen and oxygen atoms in total. The van der Waals surface area contributed by atoms with Crippen molar-refractivity contribution in [2.24, 2.45) is 7.05 Å². The lowest BCUT2D eigenvalue weighted by Crippen LogP contribution is -2.17. The fourth-order valence-electron chi connectivity index (χ4n) is 2.97. The van der Waals surface area contributed by atoms with E-state index < -0.39 is 24.0 Å². The molecule has 0 amide bonds. The molecule has 166 valence electrons. The predicted octanol–water partition coefficient (Wildman–Crippen LogP) is 3.07. The zero-order chi connectivity index (χ0) is 22.5. The van der Waals surface area contributed by atoms with Gasteiger partial charge in [0.15, 0.2) is 16.7 Å². The molecule has 0 aliphatic carbocycles. The molecule has 11 heteroatoms. The van der Waals surface area contributed by atoms with E-state index in [-0.39, 0.29) is 17.3 Å². The van der Waals surface area contributed by atoms with E-state index in [1.165, 1.54) is 10.8 Å². The molecule has 0 aliphatic heterocycles. The minimum absolute atomic E-state index is 0.106. The lowest BCUT2D eigenvalue weighted by molar-refractivity contribution is 0.0805. The smallest absolute Gasteiger partial charge is 0.272 e. The zero-order valence-corrected chi connectivity index (χ0v) is 18.1. The molecule has 31 heavy (non-hydrogen) atoms. The summed E-state index contributed by atoms with van der Waals surface area (Å²) in [6, 6.07) is 5.04. The number of hydrogen-bond donors (Lipinski definition) is 2. The Labute approximate surface area is 180 Å². The van der Waals surface area contributed by atoms with Crippen molar-refractivity contribution in [2.75, 3.05) is 11.3 Å². The number of aromatic nitrogens is 4. The standard InChI is InChI=1S/C20H23F2N5O3S/c1-4-14-18(30-11-17(21)22)15(5-2)25-20(24-14)26-31(29)12-9-16(23-10-12)13-7-6-8-27(3)19(13)28/h6-10,17,23H,4-5,11H2,1-3H3,(H,24,25,26). The average Bonchev–Trinajstić information content (AvgIpc) is 3.24. The number of aryl methyl sites for hydroxylation is 3. The number of ether oxygens (including phenoxy) is 1. The third-order valence-corrected chi connectivity index (χ3v) is 5.53. The summed E-state index contributed by atoms with van der Waals surface area (Å²) in [5.41, 5.74) is 1.71. The fraction of sp³-hybridized carbons (Fsp3) is 0.350. The molecule has 0 spiro atoms. The summed E-state index contributed by atoms with van der Waals surface area (Å²) < 4.78 is 47.3. The number of H-pyrrole nitrogens is 1. The summed E-state index contributed by atoms with van der Waals surface area (Å²) in [7, 11) is -0.0625. The first-order chi connectivity index (χ1) is 14.8. The Balaban J connectivity index is 1.84. The molecule has 0 bridgehead atoms. The van der Waals surface area contributed by atoms with Crippen molar-refractivity contribution in [3.8, 4) is 17.0 Å². The highest BCUT2D eigenvalue weighted by atomic mass is 32.2. The lowest BCUT2D eigenvalue weighted by atomic mass is 10.2. The lowest BCUT2D eigenvalue weighted by Gasteiger charge is -2.15. The number of aromatic amines is 1. The van der Waals surface area contributed by atoms with Crippen LogP contribution >= 0.6 is 0 Å². The molecule has 0 aromatic carbocycles. The molecule has 3 heterocycles. The van der Waals surface area contributed by atoms with Gasteiger partial charge in [0.05, 0.1) is 27.5 Å². The van der Waals surface area contributed by atoms with Crippen molar-refractivity contribution < 1.29 is 17.7 Å². The summed E-state index contributed by atoms with van der Waals surface area (Å²) in [5, 5.41) is 0. The Hall–Kier alpha value is -3.08. The van der Waals surface area contributed by atoms with Crippen LogP contribution in [0.2, 0.25) is 0 Å². The van der Waals surface area contributed by atoms with Gasteiger partial charge in [0.2, 0.25) is 5.95 Å². The second kappa shape index (κ2) is 9.82. The van der Waals surface area contributed by atoms with Gasteiger partial charge in [-0.3, -0.25) is 9.52 Å². The van der Waals surface area contributed by atoms with E-state index in [2.05, 4.69) is 19.7 Å². The number of hydrogen-bond acceptors (Lipinski definition) is 5. The van der Waals surface area contributed by atoms with E-state index in [4.69, 9.17) is 4.74 Å². The van der Waals surface area contributed by atoms with E-state index in [1.807, 2.05) is 13.8 Å².